The Morgan fingerprint density at radius 3 is 2.88 bits per heavy atom. The molecule has 3 aromatic heterocycles. The maximum absolute atomic E-state index is 12.8. The molecule has 1 aliphatic heterocycles. The average molecular weight is 413 g/mol. The second kappa shape index (κ2) is 9.46. The quantitative estimate of drug-likeness (QED) is 0.652. The van der Waals surface area contributed by atoms with E-state index in [2.05, 4.69) is 15.3 Å². The lowest BCUT2D eigenvalue weighted by molar-refractivity contribution is 0.586. The second-order valence-electron chi connectivity index (χ2n) is 6.13. The largest absolute Gasteiger partial charge is 0.312 e. The molecule has 4 heterocycles. The second-order valence-corrected chi connectivity index (χ2v) is 7.22. The van der Waals surface area contributed by atoms with Gasteiger partial charge in [0.1, 0.15) is 4.83 Å². The Morgan fingerprint density at radius 1 is 1.19 bits per heavy atom. The van der Waals surface area contributed by atoms with Gasteiger partial charge in [0.25, 0.3) is 5.56 Å². The van der Waals surface area contributed by atoms with Crippen molar-refractivity contribution < 1.29 is 0 Å². The summed E-state index contributed by atoms with van der Waals surface area (Å²) in [6.45, 7) is 2.52. The Hall–Kier alpha value is -1.47. The summed E-state index contributed by atoms with van der Waals surface area (Å²) in [5.74, 6) is 0. The van der Waals surface area contributed by atoms with Gasteiger partial charge in [-0.25, -0.2) is 4.98 Å². The van der Waals surface area contributed by atoms with Crippen LogP contribution in [0.4, 0.5) is 0 Å². The minimum atomic E-state index is 0. The summed E-state index contributed by atoms with van der Waals surface area (Å²) in [7, 11) is 0. The third-order valence-corrected chi connectivity index (χ3v) is 5.65. The molecule has 0 unspecified atom stereocenters. The first-order valence-electron chi connectivity index (χ1n) is 8.43. The molecule has 0 aromatic carbocycles. The first-order chi connectivity index (χ1) is 11.8. The number of thiophene rings is 1. The fourth-order valence-electron chi connectivity index (χ4n) is 3.24. The lowest BCUT2D eigenvalue weighted by Gasteiger charge is -2.12. The average Bonchev–Trinajstić information content (AvgIpc) is 3.00. The number of unbranched alkanes of at least 4 members (excludes halogenated alkanes) is 1. The van der Waals surface area contributed by atoms with Crippen molar-refractivity contribution in [2.45, 2.75) is 38.8 Å². The molecular weight excluding hydrogens is 391 g/mol. The van der Waals surface area contributed by atoms with Crippen LogP contribution in [0, 0.1) is 0 Å². The molecule has 3 aromatic rings. The molecule has 0 radical (unpaired) electrons. The molecular formula is C18H22Cl2N4OS. The van der Waals surface area contributed by atoms with Crippen molar-refractivity contribution in [3.05, 3.63) is 57.2 Å². The van der Waals surface area contributed by atoms with Crippen molar-refractivity contribution in [2.24, 2.45) is 0 Å². The Morgan fingerprint density at radius 2 is 2.08 bits per heavy atom. The Bertz CT molecular complexity index is 911. The first-order valence-corrected chi connectivity index (χ1v) is 9.25. The van der Waals surface area contributed by atoms with E-state index < -0.39 is 0 Å². The van der Waals surface area contributed by atoms with E-state index in [1.54, 1.807) is 22.2 Å². The molecule has 0 fully saturated rings. The minimum Gasteiger partial charge on any atom is -0.312 e. The molecule has 0 saturated heterocycles. The highest BCUT2D eigenvalue weighted by Gasteiger charge is 2.19. The normalized spacial score (nSPS) is 12.9. The topological polar surface area (TPSA) is 59.8 Å². The number of aromatic nitrogens is 3. The predicted molar refractivity (Wildman–Crippen MR) is 111 cm³/mol. The lowest BCUT2D eigenvalue weighted by Crippen LogP contribution is -2.25. The van der Waals surface area contributed by atoms with Crippen molar-refractivity contribution >= 4 is 46.4 Å². The lowest BCUT2D eigenvalue weighted by atomic mass is 10.1. The van der Waals surface area contributed by atoms with Crippen LogP contribution in [-0.4, -0.2) is 21.1 Å². The van der Waals surface area contributed by atoms with E-state index in [-0.39, 0.29) is 30.4 Å². The summed E-state index contributed by atoms with van der Waals surface area (Å²) in [5, 5.41) is 4.21. The number of aryl methyl sites for hydroxylation is 2. The van der Waals surface area contributed by atoms with Crippen LogP contribution < -0.4 is 10.9 Å². The van der Waals surface area contributed by atoms with Crippen LogP contribution in [0.3, 0.4) is 0 Å². The molecule has 26 heavy (non-hydrogen) atoms. The Labute approximate surface area is 168 Å². The zero-order valence-electron chi connectivity index (χ0n) is 14.3. The Kier molecular flexibility index (Phi) is 7.58. The van der Waals surface area contributed by atoms with Gasteiger partial charge in [0, 0.05) is 29.9 Å². The monoisotopic (exact) mass is 412 g/mol. The molecule has 1 aliphatic rings. The molecule has 0 atom stereocenters. The standard InChI is InChI=1S/C18H20N4OS.2ClH/c23-18-16-14-7-9-19-11-15(14)24-17(16)21-12-22(18)10-4-2-6-13-5-1-3-8-20-13;;/h1,3,5,8,12,19H,2,4,6-7,9-11H2;2*1H. The van der Waals surface area contributed by atoms with E-state index in [9.17, 15) is 4.79 Å². The van der Waals surface area contributed by atoms with Gasteiger partial charge in [-0.1, -0.05) is 6.07 Å². The molecule has 140 valence electrons. The van der Waals surface area contributed by atoms with Crippen LogP contribution >= 0.6 is 36.2 Å². The number of pyridine rings is 1. The van der Waals surface area contributed by atoms with Gasteiger partial charge in [0.15, 0.2) is 0 Å². The van der Waals surface area contributed by atoms with Gasteiger partial charge in [0.05, 0.1) is 11.7 Å². The Balaban J connectivity index is 0.00000121. The number of hydrogen-bond donors (Lipinski definition) is 1. The van der Waals surface area contributed by atoms with Crippen molar-refractivity contribution in [2.75, 3.05) is 6.54 Å². The van der Waals surface area contributed by atoms with Crippen LogP contribution in [0.5, 0.6) is 0 Å². The van der Waals surface area contributed by atoms with Gasteiger partial charge in [-0.05, 0) is 49.9 Å². The summed E-state index contributed by atoms with van der Waals surface area (Å²) < 4.78 is 1.77. The van der Waals surface area contributed by atoms with Crippen molar-refractivity contribution in [3.8, 4) is 0 Å². The van der Waals surface area contributed by atoms with Gasteiger partial charge in [-0.15, -0.1) is 36.2 Å². The van der Waals surface area contributed by atoms with E-state index in [0.29, 0.717) is 0 Å². The summed E-state index contributed by atoms with van der Waals surface area (Å²) in [6.07, 6.45) is 7.39. The van der Waals surface area contributed by atoms with Gasteiger partial charge >= 0.3 is 0 Å². The number of halogens is 2. The maximum atomic E-state index is 12.8. The molecule has 0 aliphatic carbocycles. The fraction of sp³-hybridized carbons (Fsp3) is 0.389. The number of fused-ring (bicyclic) bond motifs is 3. The summed E-state index contributed by atoms with van der Waals surface area (Å²) in [6, 6.07) is 5.99. The maximum Gasteiger partial charge on any atom is 0.262 e. The molecule has 1 N–H and O–H groups in total. The van der Waals surface area contributed by atoms with E-state index in [0.717, 1.165) is 61.2 Å². The summed E-state index contributed by atoms with van der Waals surface area (Å²) in [4.78, 5) is 23.8. The fourth-order valence-corrected chi connectivity index (χ4v) is 4.39. The highest BCUT2D eigenvalue weighted by molar-refractivity contribution is 7.18. The molecule has 0 spiro atoms. The van der Waals surface area contributed by atoms with Crippen LogP contribution in [0.1, 0.15) is 29.0 Å². The molecule has 5 nitrogen and oxygen atoms in total. The predicted octanol–water partition coefficient (Wildman–Crippen LogP) is 3.37. The zero-order valence-corrected chi connectivity index (χ0v) is 16.8. The van der Waals surface area contributed by atoms with Gasteiger partial charge in [-0.2, -0.15) is 0 Å². The SMILES string of the molecule is Cl.Cl.O=c1c2c3c(sc2ncn1CCCCc1ccccn1)CNCC3. The van der Waals surface area contributed by atoms with Crippen molar-refractivity contribution in [1.29, 1.82) is 0 Å². The highest BCUT2D eigenvalue weighted by atomic mass is 35.5. The van der Waals surface area contributed by atoms with Crippen LogP contribution in [-0.2, 0) is 25.9 Å². The van der Waals surface area contributed by atoms with Gasteiger partial charge in [0.2, 0.25) is 0 Å². The van der Waals surface area contributed by atoms with Crippen molar-refractivity contribution in [3.63, 3.8) is 0 Å². The van der Waals surface area contributed by atoms with Crippen LogP contribution in [0.2, 0.25) is 0 Å². The summed E-state index contributed by atoms with van der Waals surface area (Å²) >= 11 is 1.65. The molecule has 0 amide bonds. The molecule has 0 saturated carbocycles. The molecule has 4 rings (SSSR count). The van der Waals surface area contributed by atoms with E-state index in [4.69, 9.17) is 0 Å². The number of hydrogen-bond acceptors (Lipinski definition) is 5. The number of nitrogens with zero attached hydrogens (tertiary/aromatic N) is 3. The van der Waals surface area contributed by atoms with Gasteiger partial charge in [-0.3, -0.25) is 14.3 Å². The van der Waals surface area contributed by atoms with Gasteiger partial charge < -0.3 is 5.32 Å². The summed E-state index contributed by atoms with van der Waals surface area (Å²) in [5.41, 5.74) is 2.45. The highest BCUT2D eigenvalue weighted by Crippen LogP contribution is 2.29. The van der Waals surface area contributed by atoms with E-state index in [1.807, 2.05) is 24.4 Å². The molecule has 0 bridgehead atoms. The minimum absolute atomic E-state index is 0. The number of nitrogens with one attached hydrogen (secondary N) is 1. The smallest absolute Gasteiger partial charge is 0.262 e. The number of rotatable bonds is 5. The van der Waals surface area contributed by atoms with Crippen molar-refractivity contribution in [1.82, 2.24) is 19.9 Å². The zero-order chi connectivity index (χ0) is 16.4. The molecule has 8 heteroatoms. The van der Waals surface area contributed by atoms with E-state index >= 15 is 0 Å². The first kappa shape index (κ1) is 20.8. The third-order valence-electron chi connectivity index (χ3n) is 4.51. The van der Waals surface area contributed by atoms with E-state index in [1.165, 1.54) is 10.4 Å². The third kappa shape index (κ3) is 4.26. The van der Waals surface area contributed by atoms with Crippen LogP contribution in [0.15, 0.2) is 35.5 Å². The van der Waals surface area contributed by atoms with Crippen LogP contribution in [0.25, 0.3) is 10.2 Å².